The van der Waals surface area contributed by atoms with Crippen molar-refractivity contribution in [2.45, 2.75) is 19.8 Å². The van der Waals surface area contributed by atoms with E-state index in [2.05, 4.69) is 5.16 Å². The topological polar surface area (TPSA) is 52.9 Å². The minimum Gasteiger partial charge on any atom is -0.411 e. The first-order valence-corrected chi connectivity index (χ1v) is 5.77. The van der Waals surface area contributed by atoms with Crippen LogP contribution in [0.2, 0.25) is 0 Å². The maximum atomic E-state index is 12.2. The maximum absolute atomic E-state index is 12.2. The van der Waals surface area contributed by atoms with Crippen LogP contribution in [0.25, 0.3) is 0 Å². The maximum Gasteiger partial charge on any atom is 0.254 e. The number of hydrogen-bond donors (Lipinski definition) is 1. The molecule has 1 aliphatic rings. The second-order valence-corrected chi connectivity index (χ2v) is 4.27. The van der Waals surface area contributed by atoms with E-state index in [4.69, 9.17) is 5.21 Å². The molecule has 4 nitrogen and oxygen atoms in total. The van der Waals surface area contributed by atoms with Crippen molar-refractivity contribution in [1.82, 2.24) is 4.90 Å². The molecule has 0 bridgehead atoms. The molecule has 1 aliphatic heterocycles. The van der Waals surface area contributed by atoms with Gasteiger partial charge in [-0.1, -0.05) is 23.4 Å². The molecule has 1 amide bonds. The molecule has 0 atom stereocenters. The number of benzene rings is 1. The summed E-state index contributed by atoms with van der Waals surface area (Å²) < 4.78 is 0. The van der Waals surface area contributed by atoms with Gasteiger partial charge in [-0.25, -0.2) is 0 Å². The molecule has 0 saturated carbocycles. The molecule has 4 heteroatoms. The highest BCUT2D eigenvalue weighted by Gasteiger charge is 2.21. The van der Waals surface area contributed by atoms with Crippen molar-refractivity contribution in [3.63, 3.8) is 0 Å². The molecule has 0 unspecified atom stereocenters. The quantitative estimate of drug-likeness (QED) is 0.595. The van der Waals surface area contributed by atoms with Crippen LogP contribution in [-0.2, 0) is 0 Å². The van der Waals surface area contributed by atoms with E-state index < -0.39 is 0 Å². The van der Waals surface area contributed by atoms with E-state index in [9.17, 15) is 4.79 Å². The Morgan fingerprint density at radius 2 is 1.94 bits per heavy atom. The number of carbonyl (C=O) groups is 1. The lowest BCUT2D eigenvalue weighted by molar-refractivity contribution is 0.0753. The molecular formula is C13H16N2O2. The summed E-state index contributed by atoms with van der Waals surface area (Å²) in [5, 5.41) is 11.9. The lowest BCUT2D eigenvalue weighted by atomic mass is 10.0. The van der Waals surface area contributed by atoms with Gasteiger partial charge in [0, 0.05) is 31.5 Å². The van der Waals surface area contributed by atoms with Gasteiger partial charge in [0.25, 0.3) is 5.91 Å². The lowest BCUT2D eigenvalue weighted by Gasteiger charge is -2.27. The fourth-order valence-electron chi connectivity index (χ4n) is 2.05. The number of rotatable bonds is 1. The van der Waals surface area contributed by atoms with Crippen molar-refractivity contribution in [1.29, 1.82) is 0 Å². The predicted octanol–water partition coefficient (Wildman–Crippen LogP) is 2.06. The van der Waals surface area contributed by atoms with Gasteiger partial charge in [0.15, 0.2) is 0 Å². The van der Waals surface area contributed by atoms with Crippen LogP contribution < -0.4 is 0 Å². The Bertz CT molecular complexity index is 444. The fraction of sp³-hybridized carbons (Fsp3) is 0.385. The molecule has 1 heterocycles. The molecule has 1 saturated heterocycles. The Morgan fingerprint density at radius 1 is 1.29 bits per heavy atom. The predicted molar refractivity (Wildman–Crippen MR) is 65.5 cm³/mol. The van der Waals surface area contributed by atoms with Crippen LogP contribution in [0, 0.1) is 6.92 Å². The molecule has 0 spiro atoms. The number of aryl methyl sites for hydroxylation is 1. The highest BCUT2D eigenvalue weighted by atomic mass is 16.4. The van der Waals surface area contributed by atoms with Crippen LogP contribution in [0.1, 0.15) is 28.8 Å². The first-order chi connectivity index (χ1) is 8.22. The monoisotopic (exact) mass is 232 g/mol. The summed E-state index contributed by atoms with van der Waals surface area (Å²) in [5.74, 6) is 0.0695. The molecule has 0 aromatic heterocycles. The van der Waals surface area contributed by atoms with Crippen LogP contribution >= 0.6 is 0 Å². The van der Waals surface area contributed by atoms with Crippen LogP contribution in [0.5, 0.6) is 0 Å². The molecule has 1 fully saturated rings. The zero-order valence-corrected chi connectivity index (χ0v) is 9.89. The van der Waals surface area contributed by atoms with Crippen molar-refractivity contribution >= 4 is 11.6 Å². The summed E-state index contributed by atoms with van der Waals surface area (Å²) in [7, 11) is 0. The molecule has 1 N–H and O–H groups in total. The van der Waals surface area contributed by atoms with Gasteiger partial charge in [0.2, 0.25) is 0 Å². The van der Waals surface area contributed by atoms with Crippen molar-refractivity contribution in [3.05, 3.63) is 35.4 Å². The summed E-state index contributed by atoms with van der Waals surface area (Å²) in [6.45, 7) is 3.21. The lowest BCUT2D eigenvalue weighted by Crippen LogP contribution is -2.38. The van der Waals surface area contributed by atoms with Crippen LogP contribution in [-0.4, -0.2) is 34.8 Å². The number of nitrogens with zero attached hydrogens (tertiary/aromatic N) is 2. The molecule has 2 rings (SSSR count). The Morgan fingerprint density at radius 3 is 2.53 bits per heavy atom. The van der Waals surface area contributed by atoms with Gasteiger partial charge in [0.05, 0.1) is 5.71 Å². The van der Waals surface area contributed by atoms with E-state index in [-0.39, 0.29) is 5.91 Å². The zero-order chi connectivity index (χ0) is 12.3. The Kier molecular flexibility index (Phi) is 3.42. The van der Waals surface area contributed by atoms with Gasteiger partial charge in [-0.3, -0.25) is 4.79 Å². The van der Waals surface area contributed by atoms with Crippen molar-refractivity contribution in [2.24, 2.45) is 5.16 Å². The highest BCUT2D eigenvalue weighted by Crippen LogP contribution is 2.14. The van der Waals surface area contributed by atoms with Crippen molar-refractivity contribution in [2.75, 3.05) is 13.1 Å². The summed E-state index contributed by atoms with van der Waals surface area (Å²) in [5.41, 5.74) is 2.54. The van der Waals surface area contributed by atoms with Crippen molar-refractivity contribution in [3.8, 4) is 0 Å². The number of amides is 1. The van der Waals surface area contributed by atoms with Gasteiger partial charge in [0.1, 0.15) is 0 Å². The first kappa shape index (κ1) is 11.6. The van der Waals surface area contributed by atoms with Crippen LogP contribution in [0.4, 0.5) is 0 Å². The minimum atomic E-state index is 0.0695. The molecular weight excluding hydrogens is 216 g/mol. The van der Waals surface area contributed by atoms with Gasteiger partial charge in [-0.05, 0) is 18.6 Å². The average molecular weight is 232 g/mol. The number of hydrogen-bond acceptors (Lipinski definition) is 3. The highest BCUT2D eigenvalue weighted by molar-refractivity contribution is 5.97. The van der Waals surface area contributed by atoms with E-state index in [1.54, 1.807) is 0 Å². The van der Waals surface area contributed by atoms with Gasteiger partial charge in [-0.15, -0.1) is 0 Å². The molecule has 0 aliphatic carbocycles. The number of piperidine rings is 1. The standard InChI is InChI=1S/C13H16N2O2/c1-10-4-2-3-5-12(10)13(16)15-8-6-11(14-17)7-9-15/h2-5,17H,6-9H2,1H3. The average Bonchev–Trinajstić information content (AvgIpc) is 2.39. The summed E-state index contributed by atoms with van der Waals surface area (Å²) in [4.78, 5) is 14.1. The Balaban J connectivity index is 2.10. The first-order valence-electron chi connectivity index (χ1n) is 5.77. The molecule has 1 aromatic rings. The van der Waals surface area contributed by atoms with E-state index in [0.29, 0.717) is 25.9 Å². The third-order valence-electron chi connectivity index (χ3n) is 3.14. The van der Waals surface area contributed by atoms with Gasteiger partial charge in [-0.2, -0.15) is 0 Å². The number of oxime groups is 1. The van der Waals surface area contributed by atoms with Gasteiger partial charge >= 0.3 is 0 Å². The van der Waals surface area contributed by atoms with Crippen LogP contribution in [0.15, 0.2) is 29.4 Å². The molecule has 17 heavy (non-hydrogen) atoms. The van der Waals surface area contributed by atoms with E-state index in [1.165, 1.54) is 0 Å². The number of carbonyl (C=O) groups excluding carboxylic acids is 1. The SMILES string of the molecule is Cc1ccccc1C(=O)N1CCC(=NO)CC1. The largest absolute Gasteiger partial charge is 0.411 e. The summed E-state index contributed by atoms with van der Waals surface area (Å²) in [6, 6.07) is 7.61. The third kappa shape index (κ3) is 2.46. The number of likely N-dealkylation sites (tertiary alicyclic amines) is 1. The summed E-state index contributed by atoms with van der Waals surface area (Å²) >= 11 is 0. The Hall–Kier alpha value is -1.84. The van der Waals surface area contributed by atoms with Crippen LogP contribution in [0.3, 0.4) is 0 Å². The van der Waals surface area contributed by atoms with E-state index in [1.807, 2.05) is 36.1 Å². The zero-order valence-electron chi connectivity index (χ0n) is 9.89. The molecule has 1 aromatic carbocycles. The third-order valence-corrected chi connectivity index (χ3v) is 3.14. The smallest absolute Gasteiger partial charge is 0.254 e. The van der Waals surface area contributed by atoms with E-state index in [0.717, 1.165) is 16.8 Å². The fourth-order valence-corrected chi connectivity index (χ4v) is 2.05. The molecule has 0 radical (unpaired) electrons. The second-order valence-electron chi connectivity index (χ2n) is 4.27. The Labute approximate surface area is 101 Å². The minimum absolute atomic E-state index is 0.0695. The summed E-state index contributed by atoms with van der Waals surface area (Å²) in [6.07, 6.45) is 1.32. The molecule has 90 valence electrons. The van der Waals surface area contributed by atoms with Gasteiger partial charge < -0.3 is 10.1 Å². The van der Waals surface area contributed by atoms with E-state index >= 15 is 0 Å². The second kappa shape index (κ2) is 4.99. The normalized spacial score (nSPS) is 15.8. The van der Waals surface area contributed by atoms with Crippen molar-refractivity contribution < 1.29 is 10.0 Å².